The molecule has 26 nitrogen and oxygen atoms in total. The van der Waals surface area contributed by atoms with Gasteiger partial charge in [-0.25, -0.2) is 35.3 Å². The number of rotatable bonds is 10. The average Bonchev–Trinajstić information content (AvgIpc) is 4.10. The zero-order valence-electron chi connectivity index (χ0n) is 33.7. The van der Waals surface area contributed by atoms with Gasteiger partial charge in [0.2, 0.25) is 18.4 Å². The molecule has 9 atom stereocenters. The number of aliphatic hydroxyl groups is 1. The lowest BCUT2D eigenvalue weighted by Crippen LogP contribution is -2.52. The summed E-state index contributed by atoms with van der Waals surface area (Å²) in [6.45, 7) is 7.53. The van der Waals surface area contributed by atoms with Gasteiger partial charge in [-0.15, -0.1) is 0 Å². The van der Waals surface area contributed by atoms with Crippen LogP contribution in [0.15, 0.2) is 54.1 Å². The summed E-state index contributed by atoms with van der Waals surface area (Å²) in [5.41, 5.74) is -2.14. The van der Waals surface area contributed by atoms with Crippen LogP contribution in [0.1, 0.15) is 36.7 Å². The molecular formula is C36H39N12O14PS. The Labute approximate surface area is 361 Å². The molecular weight excluding hydrogens is 888 g/mol. The number of imidazole rings is 2. The van der Waals surface area contributed by atoms with E-state index in [-0.39, 0.29) is 47.2 Å². The number of nitrogens with zero attached hydrogens (tertiary/aromatic N) is 8. The number of ether oxygens (including phenoxy) is 3. The quantitative estimate of drug-likeness (QED) is 0.0730. The fourth-order valence-electron chi connectivity index (χ4n) is 7.74. The maximum atomic E-state index is 14.7. The number of anilines is 2. The van der Waals surface area contributed by atoms with E-state index in [4.69, 9.17) is 38.5 Å². The number of hydrogen-bond donors (Lipinski definition) is 5. The topological polar surface area (TPSA) is 318 Å². The molecule has 338 valence electrons. The van der Waals surface area contributed by atoms with Crippen molar-refractivity contribution in [2.24, 2.45) is 11.8 Å². The van der Waals surface area contributed by atoms with Crippen LogP contribution >= 0.6 is 7.82 Å². The van der Waals surface area contributed by atoms with E-state index in [2.05, 4.69) is 50.1 Å². The van der Waals surface area contributed by atoms with Gasteiger partial charge in [0.25, 0.3) is 11.5 Å². The van der Waals surface area contributed by atoms with E-state index in [1.54, 1.807) is 44.2 Å². The minimum Gasteiger partial charge on any atom is -0.396 e. The average molecular weight is 927 g/mol. The number of phosphoric ester groups is 1. The highest BCUT2D eigenvalue weighted by Crippen LogP contribution is 2.58. The van der Waals surface area contributed by atoms with Crippen LogP contribution in [-0.2, 0) is 51.6 Å². The molecule has 4 aromatic heterocycles. The van der Waals surface area contributed by atoms with E-state index in [1.807, 2.05) is 0 Å². The molecule has 4 bridgehead atoms. The molecule has 1 aromatic carbocycles. The van der Waals surface area contributed by atoms with Crippen molar-refractivity contribution >= 4 is 64.0 Å². The van der Waals surface area contributed by atoms with Crippen molar-refractivity contribution in [2.45, 2.75) is 56.3 Å². The van der Waals surface area contributed by atoms with Crippen molar-refractivity contribution in [3.63, 3.8) is 0 Å². The smallest absolute Gasteiger partial charge is 0.396 e. The number of carbonyl (C=O) groups is 2. The van der Waals surface area contributed by atoms with Gasteiger partial charge in [-0.1, -0.05) is 32.0 Å². The molecule has 0 saturated carbocycles. The van der Waals surface area contributed by atoms with Crippen LogP contribution < -0.4 is 20.9 Å². The van der Waals surface area contributed by atoms with E-state index in [0.29, 0.717) is 5.56 Å². The van der Waals surface area contributed by atoms with Crippen molar-refractivity contribution in [1.29, 1.82) is 0 Å². The Morgan fingerprint density at radius 2 is 1.84 bits per heavy atom. The fourth-order valence-corrected chi connectivity index (χ4v) is 10.2. The zero-order chi connectivity index (χ0) is 45.0. The third-order valence-electron chi connectivity index (χ3n) is 10.9. The van der Waals surface area contributed by atoms with Crippen molar-refractivity contribution < 1.29 is 59.6 Å². The van der Waals surface area contributed by atoms with Crippen molar-refractivity contribution in [3.8, 4) is 0 Å². The van der Waals surface area contributed by atoms with Gasteiger partial charge in [0, 0.05) is 23.9 Å². The van der Waals surface area contributed by atoms with Crippen LogP contribution in [0, 0.1) is 18.4 Å². The monoisotopic (exact) mass is 926 g/mol. The molecule has 28 heteroatoms. The Hall–Kier alpha value is -5.63. The lowest BCUT2D eigenvalue weighted by atomic mass is 9.99. The van der Waals surface area contributed by atoms with E-state index in [9.17, 15) is 32.5 Å². The number of aromatic nitrogens is 8. The van der Waals surface area contributed by atoms with Crippen LogP contribution in [-0.4, -0.2) is 134 Å². The zero-order valence-corrected chi connectivity index (χ0v) is 35.4. The molecule has 4 aliphatic heterocycles. The molecule has 2 amide bonds. The van der Waals surface area contributed by atoms with Crippen molar-refractivity contribution in [2.75, 3.05) is 50.2 Å². The van der Waals surface area contributed by atoms with E-state index >= 15 is 0 Å². The van der Waals surface area contributed by atoms with Crippen LogP contribution in [0.2, 0.25) is 0 Å². The number of amides is 2. The Morgan fingerprint density at radius 3 is 2.59 bits per heavy atom. The second-order valence-electron chi connectivity index (χ2n) is 15.3. The predicted octanol–water partition coefficient (Wildman–Crippen LogP) is 0.658. The van der Waals surface area contributed by atoms with Crippen LogP contribution in [0.4, 0.5) is 11.8 Å². The van der Waals surface area contributed by atoms with Crippen LogP contribution in [0.5, 0.6) is 0 Å². The number of carbonyl (C=O) groups excluding carboxylic acids is 2. The maximum Gasteiger partial charge on any atom is 0.475 e. The Bertz CT molecular complexity index is 2870. The molecule has 4 aliphatic rings. The second-order valence-corrected chi connectivity index (χ2v) is 18.3. The lowest BCUT2D eigenvalue weighted by molar-refractivity contribution is -0.169. The van der Waals surface area contributed by atoms with Gasteiger partial charge in [0.05, 0.1) is 38.6 Å². The summed E-state index contributed by atoms with van der Waals surface area (Å²) >= 11 is 0. The summed E-state index contributed by atoms with van der Waals surface area (Å²) in [5, 5.41) is 15.9. The molecule has 9 rings (SSSR count). The molecule has 0 spiro atoms. The molecule has 0 aliphatic carbocycles. The Balaban J connectivity index is 1.05. The minimum absolute atomic E-state index is 0.0793. The van der Waals surface area contributed by atoms with Crippen molar-refractivity contribution in [1.82, 2.24) is 43.8 Å². The molecule has 5 N–H and O–H groups in total. The molecule has 4 fully saturated rings. The summed E-state index contributed by atoms with van der Waals surface area (Å²) in [5.74, 6) is -2.76. The highest BCUT2D eigenvalue weighted by atomic mass is 32.2. The molecule has 4 saturated heterocycles. The number of fused-ring (bicyclic) bond motifs is 4. The Morgan fingerprint density at radius 1 is 1.08 bits per heavy atom. The number of aromatic amines is 1. The van der Waals surface area contributed by atoms with Gasteiger partial charge in [-0.3, -0.25) is 47.4 Å². The van der Waals surface area contributed by atoms with E-state index in [0.717, 1.165) is 6.33 Å². The van der Waals surface area contributed by atoms with Crippen LogP contribution in [0.3, 0.4) is 0 Å². The first kappa shape index (κ1) is 43.6. The fraction of sp³-hybridized carbons (Fsp3) is 0.472. The summed E-state index contributed by atoms with van der Waals surface area (Å²) in [7, 11) is -9.62. The molecule has 8 heterocycles. The first-order valence-electron chi connectivity index (χ1n) is 19.7. The summed E-state index contributed by atoms with van der Waals surface area (Å²) in [4.78, 5) is 65.7. The van der Waals surface area contributed by atoms with Crippen LogP contribution in [0.25, 0.3) is 27.2 Å². The number of benzene rings is 1. The molecule has 64 heavy (non-hydrogen) atoms. The van der Waals surface area contributed by atoms with Gasteiger partial charge in [0.15, 0.2) is 40.6 Å². The van der Waals surface area contributed by atoms with E-state index in [1.165, 1.54) is 21.8 Å². The molecule has 0 radical (unpaired) electrons. The molecule has 2 unspecified atom stereocenters. The number of H-pyrrole nitrogens is 1. The Kier molecular flexibility index (Phi) is 11.6. The standard InChI is InChI=1S/C36H39N12O14PS/c1-18(2)30(50)45-35-44-29-23(32(52)46-35)41-17-48(29)33-24-20(11-49)21(59-33)12-58-63(53,57-10-9-37-3)61-26-25-34(60-36(26,14-56-25)13-42-64(54,55)62-24)47-16-40-22-27(38-15-39-28(22)47)43-31(51)19-7-5-4-6-8-19/h4-8,15-18,20-21,24-26,33-34,42,49H,9-14H2,1-2H3,(H,38,39,43,51)(H2,44,45,46,50,52)/t20-,21-,24-,25-,26?,33-,34-,36+,63?/m1/s1. The van der Waals surface area contributed by atoms with Gasteiger partial charge in [0.1, 0.15) is 36.8 Å². The maximum absolute atomic E-state index is 14.7. The van der Waals surface area contributed by atoms with Crippen molar-refractivity contribution in [3.05, 3.63) is 76.6 Å². The molecule has 5 aromatic rings. The third-order valence-corrected chi connectivity index (χ3v) is 13.4. The second kappa shape index (κ2) is 17.1. The van der Waals surface area contributed by atoms with Gasteiger partial charge in [-0.05, 0) is 12.1 Å². The number of aliphatic hydroxyl groups excluding tert-OH is 1. The lowest BCUT2D eigenvalue weighted by Gasteiger charge is -2.32. The van der Waals surface area contributed by atoms with Gasteiger partial charge < -0.3 is 29.5 Å². The SMILES string of the molecule is [C-]#[N+]CCOP1(=O)OC[C@H]2O[C@@H](n3cnc4c(=O)[nH]c(NC(=O)C(C)C)nc43)[C@H](OS(=O)(=O)NC[C@]34CO[C@H](C3O1)[C@H](n1cnc3c(NC(=O)c5ccccc5)ncnc31)O4)[C@@H]2CO. The number of phosphoric acid groups is 1. The summed E-state index contributed by atoms with van der Waals surface area (Å²) in [6.07, 6.45) is -4.38. The first-order valence-corrected chi connectivity index (χ1v) is 22.5. The predicted molar refractivity (Wildman–Crippen MR) is 216 cm³/mol. The third kappa shape index (κ3) is 8.07. The highest BCUT2D eigenvalue weighted by Gasteiger charge is 2.66. The minimum atomic E-state index is -4.85. The summed E-state index contributed by atoms with van der Waals surface area (Å²) in [6, 6.07) is 8.42. The van der Waals surface area contributed by atoms with E-state index < -0.39 is 116 Å². The number of hydrogen-bond acceptors (Lipinski definition) is 19. The normalized spacial score (nSPS) is 30.0. The first-order chi connectivity index (χ1) is 30.7. The highest BCUT2D eigenvalue weighted by molar-refractivity contribution is 7.84. The van der Waals surface area contributed by atoms with Gasteiger partial charge >= 0.3 is 18.1 Å². The largest absolute Gasteiger partial charge is 0.475 e. The summed E-state index contributed by atoms with van der Waals surface area (Å²) < 4.78 is 90.2. The number of nitrogens with one attached hydrogen (secondary N) is 4. The van der Waals surface area contributed by atoms with Gasteiger partial charge in [-0.2, -0.15) is 18.1 Å².